The monoisotopic (exact) mass is 348 g/mol. The van der Waals surface area contributed by atoms with Gasteiger partial charge in [-0.3, -0.25) is 10.1 Å². The Morgan fingerprint density at radius 3 is 2.88 bits per heavy atom. The number of aryl methyl sites for hydroxylation is 3. The van der Waals surface area contributed by atoms with Crippen molar-refractivity contribution in [2.45, 2.75) is 39.0 Å². The minimum Gasteiger partial charge on any atom is -0.290 e. The van der Waals surface area contributed by atoms with Gasteiger partial charge in [0.05, 0.1) is 5.69 Å². The van der Waals surface area contributed by atoms with Crippen molar-refractivity contribution < 1.29 is 4.79 Å². The maximum absolute atomic E-state index is 12.6. The molecule has 0 bridgehead atoms. The van der Waals surface area contributed by atoms with Crippen LogP contribution in [0.2, 0.25) is 0 Å². The van der Waals surface area contributed by atoms with Gasteiger partial charge in [-0.25, -0.2) is 19.6 Å². The summed E-state index contributed by atoms with van der Waals surface area (Å²) in [7, 11) is 0. The maximum Gasteiger partial charge on any atom is 0.258 e. The van der Waals surface area contributed by atoms with E-state index < -0.39 is 0 Å². The smallest absolute Gasteiger partial charge is 0.258 e. The number of benzene rings is 1. The molecule has 0 fully saturated rings. The first-order valence-corrected chi connectivity index (χ1v) is 8.82. The van der Waals surface area contributed by atoms with Gasteiger partial charge >= 0.3 is 0 Å². The summed E-state index contributed by atoms with van der Waals surface area (Å²) >= 11 is 0. The summed E-state index contributed by atoms with van der Waals surface area (Å²) in [6.07, 6.45) is 10.5. The largest absolute Gasteiger partial charge is 0.290 e. The Hall–Kier alpha value is -3.09. The van der Waals surface area contributed by atoms with Gasteiger partial charge < -0.3 is 0 Å². The molecule has 1 amide bonds. The second-order valence-electron chi connectivity index (χ2n) is 6.52. The molecule has 1 aliphatic rings. The van der Waals surface area contributed by atoms with E-state index in [4.69, 9.17) is 0 Å². The molecule has 0 atom stereocenters. The number of fused-ring (bicyclic) bond motifs is 1. The second kappa shape index (κ2) is 7.03. The van der Waals surface area contributed by atoms with Gasteiger partial charge in [0, 0.05) is 17.5 Å². The minimum absolute atomic E-state index is 0.207. The highest BCUT2D eigenvalue weighted by molar-refractivity contribution is 6.04. The molecule has 7 heteroatoms. The van der Waals surface area contributed by atoms with Crippen molar-refractivity contribution >= 4 is 11.9 Å². The number of hydrogen-bond acceptors (Lipinski definition) is 5. The van der Waals surface area contributed by atoms with Gasteiger partial charge in [0.15, 0.2) is 0 Å². The van der Waals surface area contributed by atoms with Gasteiger partial charge in [-0.2, -0.15) is 5.10 Å². The van der Waals surface area contributed by atoms with Crippen LogP contribution in [0.3, 0.4) is 0 Å². The molecule has 3 aromatic rings. The van der Waals surface area contributed by atoms with E-state index in [1.165, 1.54) is 24.7 Å². The van der Waals surface area contributed by atoms with Crippen molar-refractivity contribution in [1.29, 1.82) is 0 Å². The van der Waals surface area contributed by atoms with Crippen LogP contribution in [0, 0.1) is 6.92 Å². The fourth-order valence-electron chi connectivity index (χ4n) is 3.27. The van der Waals surface area contributed by atoms with Crippen LogP contribution in [-0.4, -0.2) is 30.6 Å². The van der Waals surface area contributed by atoms with E-state index in [1.807, 2.05) is 25.3 Å². The highest BCUT2D eigenvalue weighted by Crippen LogP contribution is 2.20. The van der Waals surface area contributed by atoms with Crippen molar-refractivity contribution in [3.63, 3.8) is 0 Å². The zero-order valence-electron chi connectivity index (χ0n) is 14.6. The van der Waals surface area contributed by atoms with Crippen LogP contribution in [0.25, 0.3) is 5.69 Å². The number of aromatic nitrogens is 5. The number of rotatable bonds is 3. The highest BCUT2D eigenvalue weighted by atomic mass is 16.1. The molecule has 0 spiro atoms. The molecule has 7 nitrogen and oxygen atoms in total. The van der Waals surface area contributed by atoms with Crippen LogP contribution >= 0.6 is 0 Å². The molecule has 1 aromatic carbocycles. The summed E-state index contributed by atoms with van der Waals surface area (Å²) in [6.45, 7) is 1.90. The second-order valence-corrected chi connectivity index (χ2v) is 6.52. The lowest BCUT2D eigenvalue weighted by Crippen LogP contribution is -2.16. The van der Waals surface area contributed by atoms with Crippen LogP contribution in [0.5, 0.6) is 0 Å². The summed E-state index contributed by atoms with van der Waals surface area (Å²) in [4.78, 5) is 25.5. The summed E-state index contributed by atoms with van der Waals surface area (Å²) < 4.78 is 1.66. The quantitative estimate of drug-likeness (QED) is 0.736. The Kier molecular flexibility index (Phi) is 4.43. The Labute approximate surface area is 151 Å². The highest BCUT2D eigenvalue weighted by Gasteiger charge is 2.15. The maximum atomic E-state index is 12.6. The van der Waals surface area contributed by atoms with Crippen molar-refractivity contribution in [3.05, 3.63) is 59.4 Å². The van der Waals surface area contributed by atoms with Crippen molar-refractivity contribution in [2.24, 2.45) is 0 Å². The summed E-state index contributed by atoms with van der Waals surface area (Å²) in [5.74, 6) is 0.164. The first-order chi connectivity index (χ1) is 12.7. The number of carbonyl (C=O) groups is 1. The molecule has 1 N–H and O–H groups in total. The van der Waals surface area contributed by atoms with Crippen molar-refractivity contribution in [2.75, 3.05) is 5.32 Å². The van der Waals surface area contributed by atoms with Gasteiger partial charge in [-0.1, -0.05) is 6.42 Å². The van der Waals surface area contributed by atoms with Crippen LogP contribution in [-0.2, 0) is 12.8 Å². The third-order valence-corrected chi connectivity index (χ3v) is 4.68. The number of nitrogens with one attached hydrogen (secondary N) is 1. The summed E-state index contributed by atoms with van der Waals surface area (Å²) in [5, 5.41) is 6.93. The predicted octanol–water partition coefficient (Wildman–Crippen LogP) is 2.89. The molecule has 26 heavy (non-hydrogen) atoms. The third kappa shape index (κ3) is 3.33. The van der Waals surface area contributed by atoms with E-state index >= 15 is 0 Å². The van der Waals surface area contributed by atoms with Gasteiger partial charge in [0.25, 0.3) is 5.91 Å². The Balaban J connectivity index is 1.54. The van der Waals surface area contributed by atoms with Crippen LogP contribution in [0.4, 0.5) is 5.95 Å². The first kappa shape index (κ1) is 16.4. The SMILES string of the molecule is Cc1cc(-n2cncn2)ccc1C(=O)Nc1ncc2c(n1)CCCCC2. The zero-order valence-corrected chi connectivity index (χ0v) is 14.6. The molecule has 4 rings (SSSR count). The Bertz CT molecular complexity index is 935. The summed E-state index contributed by atoms with van der Waals surface area (Å²) in [5.41, 5.74) is 4.57. The molecule has 2 aromatic heterocycles. The van der Waals surface area contributed by atoms with Gasteiger partial charge in [0.1, 0.15) is 12.7 Å². The van der Waals surface area contributed by atoms with Crippen LogP contribution < -0.4 is 5.32 Å². The molecule has 0 unspecified atom stereocenters. The van der Waals surface area contributed by atoms with Crippen LogP contribution in [0.1, 0.15) is 46.4 Å². The van der Waals surface area contributed by atoms with Crippen molar-refractivity contribution in [3.8, 4) is 5.69 Å². The number of carbonyl (C=O) groups excluding carboxylic acids is 1. The molecule has 1 aliphatic carbocycles. The number of anilines is 1. The standard InChI is InChI=1S/C19H20N6O/c1-13-9-15(25-12-20-11-22-25)7-8-16(13)18(26)24-19-21-10-14-5-3-2-4-6-17(14)23-19/h7-12H,2-6H2,1H3,(H,21,23,24,26). The Morgan fingerprint density at radius 1 is 1.19 bits per heavy atom. The normalized spacial score (nSPS) is 13.7. The Morgan fingerprint density at radius 2 is 2.08 bits per heavy atom. The molecule has 0 aliphatic heterocycles. The molecule has 0 radical (unpaired) electrons. The average Bonchev–Trinajstić information content (AvgIpc) is 3.07. The fraction of sp³-hybridized carbons (Fsp3) is 0.316. The predicted molar refractivity (Wildman–Crippen MR) is 97.3 cm³/mol. The van der Waals surface area contributed by atoms with E-state index in [1.54, 1.807) is 17.1 Å². The van der Waals surface area contributed by atoms with Gasteiger partial charge in [0.2, 0.25) is 5.95 Å². The summed E-state index contributed by atoms with van der Waals surface area (Å²) in [6, 6.07) is 5.53. The van der Waals surface area contributed by atoms with Gasteiger partial charge in [-0.05, 0) is 61.9 Å². The molecule has 132 valence electrons. The number of amides is 1. The van der Waals surface area contributed by atoms with E-state index in [-0.39, 0.29) is 5.91 Å². The van der Waals surface area contributed by atoms with E-state index in [2.05, 4.69) is 25.4 Å². The zero-order chi connectivity index (χ0) is 17.9. The van der Waals surface area contributed by atoms with Crippen molar-refractivity contribution in [1.82, 2.24) is 24.7 Å². The third-order valence-electron chi connectivity index (χ3n) is 4.68. The number of nitrogens with zero attached hydrogens (tertiary/aromatic N) is 5. The molecule has 0 saturated carbocycles. The topological polar surface area (TPSA) is 85.6 Å². The average molecular weight is 348 g/mol. The van der Waals surface area contributed by atoms with Crippen LogP contribution in [0.15, 0.2) is 37.1 Å². The lowest BCUT2D eigenvalue weighted by Gasteiger charge is -2.10. The minimum atomic E-state index is -0.207. The first-order valence-electron chi connectivity index (χ1n) is 8.82. The fourth-order valence-corrected chi connectivity index (χ4v) is 3.27. The molecular weight excluding hydrogens is 328 g/mol. The van der Waals surface area contributed by atoms with Gasteiger partial charge in [-0.15, -0.1) is 0 Å². The molecule has 0 saturated heterocycles. The molecular formula is C19H20N6O. The van der Waals surface area contributed by atoms with E-state index in [9.17, 15) is 4.79 Å². The molecule has 2 heterocycles. The van der Waals surface area contributed by atoms with E-state index in [0.29, 0.717) is 11.5 Å². The lowest BCUT2D eigenvalue weighted by atomic mass is 10.1. The van der Waals surface area contributed by atoms with E-state index in [0.717, 1.165) is 36.2 Å². The lowest BCUT2D eigenvalue weighted by molar-refractivity contribution is 0.102. The number of hydrogen-bond donors (Lipinski definition) is 1.